The molecule has 0 atom stereocenters. The largest absolute Gasteiger partial charge is 0.673 e. The second-order valence-corrected chi connectivity index (χ2v) is 6.58. The third-order valence-corrected chi connectivity index (χ3v) is 3.39. The molecule has 1 rings (SSSR count). The van der Waals surface area contributed by atoms with Gasteiger partial charge in [-0.2, -0.15) is 0 Å². The van der Waals surface area contributed by atoms with Crippen LogP contribution in [0.15, 0.2) is 0 Å². The molecule has 0 spiro atoms. The molecule has 0 aromatic heterocycles. The van der Waals surface area contributed by atoms with E-state index in [1.165, 1.54) is 25.9 Å². The van der Waals surface area contributed by atoms with Gasteiger partial charge in [-0.1, -0.05) is 0 Å². The molecule has 1 aliphatic rings. The lowest BCUT2D eigenvalue weighted by molar-refractivity contribution is -0.976. The normalized spacial score (nSPS) is 16.1. The van der Waals surface area contributed by atoms with E-state index in [0.717, 1.165) is 17.8 Å². The first-order valence-corrected chi connectivity index (χ1v) is 8.08. The highest BCUT2D eigenvalue weighted by atomic mass is 35.5. The third-order valence-electron chi connectivity index (χ3n) is 3.39. The first-order valence-electron chi connectivity index (χ1n) is 8.08. The highest BCUT2D eigenvalue weighted by molar-refractivity contribution is 6.50. The zero-order valence-electron chi connectivity index (χ0n) is 16.3. The molecule has 0 saturated carbocycles. The van der Waals surface area contributed by atoms with Crippen molar-refractivity contribution < 1.29 is 61.0 Å². The molecular weight excluding hydrogens is 458 g/mol. The van der Waals surface area contributed by atoms with E-state index in [1.807, 2.05) is 0 Å². The van der Waals surface area contributed by atoms with Crippen molar-refractivity contribution in [2.45, 2.75) is 46.1 Å². The van der Waals surface area contributed by atoms with Gasteiger partial charge in [0, 0.05) is 19.4 Å². The van der Waals surface area contributed by atoms with E-state index in [9.17, 15) is 51.8 Å². The number of rotatable bonds is 3. The number of hydrogen-bond donors (Lipinski definition) is 0. The van der Waals surface area contributed by atoms with E-state index < -0.39 is 21.8 Å². The molecule has 2 nitrogen and oxygen atoms in total. The first-order chi connectivity index (χ1) is 12.0. The van der Waals surface area contributed by atoms with Crippen molar-refractivity contribution in [2.75, 3.05) is 26.4 Å². The first kappa shape index (κ1) is 36.0. The standard InChI is InChI=1S/C11H24NO.3BF4.ClH/c1-5-13-10-12(11(2,3)4)8-6-7-9-12;3*2-1(3,4)5;/h5-10H2,1-4H3;;;;1H/q+1;3*-1;. The quantitative estimate of drug-likeness (QED) is 0.246. The summed E-state index contributed by atoms with van der Waals surface area (Å²) >= 11 is 0. The third kappa shape index (κ3) is 35.4. The average Bonchev–Trinajstić information content (AvgIpc) is 2.79. The molecule has 0 aliphatic carbocycles. The van der Waals surface area contributed by atoms with Crippen molar-refractivity contribution in [3.63, 3.8) is 0 Å². The summed E-state index contributed by atoms with van der Waals surface area (Å²) in [5.41, 5.74) is 0.339. The van der Waals surface area contributed by atoms with Crippen LogP contribution in [0.2, 0.25) is 0 Å². The van der Waals surface area contributed by atoms with Crippen LogP contribution in [0.5, 0.6) is 0 Å². The minimum Gasteiger partial charge on any atom is -0.418 e. The van der Waals surface area contributed by atoms with Crippen LogP contribution in [-0.4, -0.2) is 58.2 Å². The lowest BCUT2D eigenvalue weighted by Gasteiger charge is -2.45. The molecule has 0 aromatic carbocycles. The molecule has 0 bridgehead atoms. The van der Waals surface area contributed by atoms with E-state index >= 15 is 0 Å². The van der Waals surface area contributed by atoms with Gasteiger partial charge in [0.2, 0.25) is 0 Å². The number of halogens is 13. The Morgan fingerprint density at radius 2 is 0.931 bits per heavy atom. The average molecular weight is 483 g/mol. The van der Waals surface area contributed by atoms with Crippen molar-refractivity contribution in [3.8, 4) is 0 Å². The highest BCUT2D eigenvalue weighted by Crippen LogP contribution is 2.30. The maximum absolute atomic E-state index is 9.75. The fourth-order valence-corrected chi connectivity index (χ4v) is 2.20. The van der Waals surface area contributed by atoms with Crippen molar-refractivity contribution in [1.82, 2.24) is 0 Å². The van der Waals surface area contributed by atoms with Crippen LogP contribution in [0, 0.1) is 0 Å². The Hall–Kier alpha value is -0.435. The molecule has 0 aromatic rings. The summed E-state index contributed by atoms with van der Waals surface area (Å²) in [6.07, 6.45) is 2.73. The van der Waals surface area contributed by atoms with E-state index in [4.69, 9.17) is 4.74 Å². The molecule has 18 heteroatoms. The summed E-state index contributed by atoms with van der Waals surface area (Å²) in [7, 11) is -18.0. The summed E-state index contributed by atoms with van der Waals surface area (Å²) < 4.78 is 124. The number of nitrogens with zero attached hydrogens (tertiary/aromatic N) is 1. The highest BCUT2D eigenvalue weighted by Gasteiger charge is 2.42. The van der Waals surface area contributed by atoms with Gasteiger partial charge in [-0.15, -0.1) is 12.4 Å². The maximum atomic E-state index is 9.75. The minimum atomic E-state index is -6.00. The van der Waals surface area contributed by atoms with E-state index in [0.29, 0.717) is 5.54 Å². The van der Waals surface area contributed by atoms with Crippen molar-refractivity contribution in [2.24, 2.45) is 0 Å². The lowest BCUT2D eigenvalue weighted by Crippen LogP contribution is -2.59. The number of hydrogen-bond acceptors (Lipinski definition) is 1. The second-order valence-electron chi connectivity index (χ2n) is 6.58. The van der Waals surface area contributed by atoms with Gasteiger partial charge in [-0.25, -0.2) is 0 Å². The van der Waals surface area contributed by atoms with Crippen LogP contribution in [-0.2, 0) is 4.74 Å². The van der Waals surface area contributed by atoms with Gasteiger partial charge in [0.25, 0.3) is 0 Å². The fourth-order valence-electron chi connectivity index (χ4n) is 2.20. The van der Waals surface area contributed by atoms with Crippen molar-refractivity contribution in [3.05, 3.63) is 0 Å². The number of ether oxygens (including phenoxy) is 1. The Kier molecular flexibility index (Phi) is 18.0. The van der Waals surface area contributed by atoms with Gasteiger partial charge in [0.1, 0.15) is 0 Å². The molecule has 1 saturated heterocycles. The summed E-state index contributed by atoms with van der Waals surface area (Å²) in [6.45, 7) is 13.4. The predicted molar refractivity (Wildman–Crippen MR) is 93.3 cm³/mol. The van der Waals surface area contributed by atoms with Crippen molar-refractivity contribution >= 4 is 34.2 Å². The predicted octanol–water partition coefficient (Wildman–Crippen LogP) is 6.71. The van der Waals surface area contributed by atoms with Gasteiger partial charge in [0.15, 0.2) is 6.73 Å². The summed E-state index contributed by atoms with van der Waals surface area (Å²) in [5.74, 6) is 0. The lowest BCUT2D eigenvalue weighted by atomic mass is 10.0. The van der Waals surface area contributed by atoms with Crippen LogP contribution in [0.1, 0.15) is 40.5 Å². The van der Waals surface area contributed by atoms with Crippen LogP contribution in [0.4, 0.5) is 51.8 Å². The number of quaternary nitrogens is 1. The minimum absolute atomic E-state index is 0. The topological polar surface area (TPSA) is 9.23 Å². The molecule has 1 fully saturated rings. The SMILES string of the molecule is CCOC[N+]1(C(C)(C)C)CCCC1.Cl.F[B-](F)(F)F.F[B-](F)(F)F.F[B-](F)(F)F. The van der Waals surface area contributed by atoms with Crippen LogP contribution in [0.25, 0.3) is 0 Å². The molecule has 0 N–H and O–H groups in total. The second kappa shape index (κ2) is 14.5. The monoisotopic (exact) mass is 483 g/mol. The van der Waals surface area contributed by atoms with Gasteiger partial charge >= 0.3 is 21.8 Å². The Bertz CT molecular complexity index is 348. The zero-order chi connectivity index (χ0) is 23.4. The molecular formula is C11H25B3ClF12NO-2. The molecule has 1 heterocycles. The fraction of sp³-hybridized carbons (Fsp3) is 1.00. The smallest absolute Gasteiger partial charge is 0.418 e. The van der Waals surface area contributed by atoms with E-state index in [-0.39, 0.29) is 12.4 Å². The Morgan fingerprint density at radius 3 is 1.10 bits per heavy atom. The van der Waals surface area contributed by atoms with Gasteiger partial charge < -0.3 is 56.5 Å². The number of likely N-dealkylation sites (tertiary alicyclic amines) is 1. The van der Waals surface area contributed by atoms with Crippen molar-refractivity contribution in [1.29, 1.82) is 0 Å². The van der Waals surface area contributed by atoms with Gasteiger partial charge in [-0.3, -0.25) is 4.48 Å². The van der Waals surface area contributed by atoms with Gasteiger partial charge in [0.05, 0.1) is 18.6 Å². The molecule has 1 aliphatic heterocycles. The zero-order valence-corrected chi connectivity index (χ0v) is 17.1. The van der Waals surface area contributed by atoms with Crippen LogP contribution in [0.3, 0.4) is 0 Å². The summed E-state index contributed by atoms with van der Waals surface area (Å²) in [5, 5.41) is 0. The van der Waals surface area contributed by atoms with E-state index in [2.05, 4.69) is 27.7 Å². The molecule has 0 unspecified atom stereocenters. The van der Waals surface area contributed by atoms with Crippen LogP contribution < -0.4 is 0 Å². The molecule has 0 amide bonds. The van der Waals surface area contributed by atoms with Gasteiger partial charge in [-0.05, 0) is 27.7 Å². The molecule has 29 heavy (non-hydrogen) atoms. The van der Waals surface area contributed by atoms with Crippen LogP contribution >= 0.6 is 12.4 Å². The Balaban J connectivity index is -0.000000164. The maximum Gasteiger partial charge on any atom is 0.673 e. The van der Waals surface area contributed by atoms with E-state index in [1.54, 1.807) is 0 Å². The molecule has 182 valence electrons. The summed E-state index contributed by atoms with van der Waals surface area (Å²) in [4.78, 5) is 0. The Morgan fingerprint density at radius 1 is 0.690 bits per heavy atom. The Labute approximate surface area is 168 Å². The summed E-state index contributed by atoms with van der Waals surface area (Å²) in [6, 6.07) is 0. The molecule has 0 radical (unpaired) electrons.